The minimum absolute atomic E-state index is 0.267. The van der Waals surface area contributed by atoms with Crippen LogP contribution in [0.15, 0.2) is 53.4 Å². The van der Waals surface area contributed by atoms with E-state index in [0.29, 0.717) is 5.02 Å². The van der Waals surface area contributed by atoms with Gasteiger partial charge in [-0.15, -0.1) is 11.8 Å². The molecular formula is C18H19ClO2S. The molecule has 22 heavy (non-hydrogen) atoms. The molecule has 0 amide bonds. The van der Waals surface area contributed by atoms with Gasteiger partial charge in [0, 0.05) is 15.7 Å². The molecule has 0 aliphatic heterocycles. The van der Waals surface area contributed by atoms with Gasteiger partial charge in [-0.2, -0.15) is 0 Å². The van der Waals surface area contributed by atoms with Crippen LogP contribution in [0.25, 0.3) is 0 Å². The highest BCUT2D eigenvalue weighted by Crippen LogP contribution is 2.36. The Labute approximate surface area is 140 Å². The Balaban J connectivity index is 2.30. The van der Waals surface area contributed by atoms with Crippen LogP contribution in [0.1, 0.15) is 25.0 Å². The average Bonchev–Trinajstić information content (AvgIpc) is 2.53. The number of halogens is 1. The summed E-state index contributed by atoms with van der Waals surface area (Å²) < 4.78 is 4.94. The summed E-state index contributed by atoms with van der Waals surface area (Å²) in [5.74, 6) is 0.573. The Kier molecular flexibility index (Phi) is 5.54. The zero-order valence-electron chi connectivity index (χ0n) is 12.9. The van der Waals surface area contributed by atoms with E-state index in [-0.39, 0.29) is 5.97 Å². The number of thioether (sulfide) groups is 1. The monoisotopic (exact) mass is 334 g/mol. The fraction of sp³-hybridized carbons (Fsp3) is 0.278. The lowest BCUT2D eigenvalue weighted by atomic mass is 9.85. The first kappa shape index (κ1) is 16.9. The summed E-state index contributed by atoms with van der Waals surface area (Å²) in [5.41, 5.74) is 1.40. The zero-order chi connectivity index (χ0) is 16.2. The summed E-state index contributed by atoms with van der Waals surface area (Å²) in [6.45, 7) is 3.72. The minimum atomic E-state index is -0.737. The van der Waals surface area contributed by atoms with Crippen molar-refractivity contribution >= 4 is 29.3 Å². The Hall–Kier alpha value is -1.45. The summed E-state index contributed by atoms with van der Waals surface area (Å²) in [4.78, 5) is 13.1. The predicted octanol–water partition coefficient (Wildman–Crippen LogP) is 5.08. The Morgan fingerprint density at radius 1 is 1.18 bits per heavy atom. The molecule has 2 nitrogen and oxygen atoms in total. The number of esters is 1. The second kappa shape index (κ2) is 7.21. The largest absolute Gasteiger partial charge is 0.468 e. The third kappa shape index (κ3) is 3.84. The van der Waals surface area contributed by atoms with Crippen molar-refractivity contribution in [3.63, 3.8) is 0 Å². The van der Waals surface area contributed by atoms with Crippen LogP contribution in [0.4, 0.5) is 0 Å². The topological polar surface area (TPSA) is 26.3 Å². The van der Waals surface area contributed by atoms with E-state index in [1.807, 2.05) is 50.2 Å². The molecule has 0 saturated carbocycles. The van der Waals surface area contributed by atoms with Gasteiger partial charge in [0.25, 0.3) is 0 Å². The number of rotatable bonds is 5. The lowest BCUT2D eigenvalue weighted by Gasteiger charge is -2.25. The standard InChI is InChI=1S/C18H19ClO2S/c1-18(2,17(20)21-3)15-11-14(19)9-10-16(15)22-12-13-7-5-4-6-8-13/h4-11H,12H2,1-3H3. The first-order chi connectivity index (χ1) is 10.4. The van der Waals surface area contributed by atoms with E-state index in [1.165, 1.54) is 12.7 Å². The van der Waals surface area contributed by atoms with Crippen LogP contribution in [0, 0.1) is 0 Å². The number of hydrogen-bond donors (Lipinski definition) is 0. The first-order valence-corrected chi connectivity index (χ1v) is 8.36. The smallest absolute Gasteiger partial charge is 0.315 e. The lowest BCUT2D eigenvalue weighted by Crippen LogP contribution is -2.30. The van der Waals surface area contributed by atoms with Crippen LogP contribution < -0.4 is 0 Å². The second-order valence-electron chi connectivity index (χ2n) is 5.53. The molecule has 2 aromatic rings. The van der Waals surface area contributed by atoms with Crippen molar-refractivity contribution in [1.29, 1.82) is 0 Å². The maximum Gasteiger partial charge on any atom is 0.315 e. The maximum absolute atomic E-state index is 12.1. The van der Waals surface area contributed by atoms with Crippen LogP contribution in [0.5, 0.6) is 0 Å². The fourth-order valence-corrected chi connectivity index (χ4v) is 3.54. The molecule has 0 atom stereocenters. The maximum atomic E-state index is 12.1. The van der Waals surface area contributed by atoms with Gasteiger partial charge >= 0.3 is 5.97 Å². The SMILES string of the molecule is COC(=O)C(C)(C)c1cc(Cl)ccc1SCc1ccccc1. The van der Waals surface area contributed by atoms with Crippen LogP contribution in [-0.4, -0.2) is 13.1 Å². The normalized spacial score (nSPS) is 11.3. The molecule has 0 N–H and O–H groups in total. The highest BCUT2D eigenvalue weighted by molar-refractivity contribution is 7.98. The van der Waals surface area contributed by atoms with E-state index in [0.717, 1.165) is 16.2 Å². The lowest BCUT2D eigenvalue weighted by molar-refractivity contribution is -0.146. The first-order valence-electron chi connectivity index (χ1n) is 7.00. The van der Waals surface area contributed by atoms with Gasteiger partial charge in [-0.3, -0.25) is 4.79 Å². The van der Waals surface area contributed by atoms with Crippen molar-refractivity contribution < 1.29 is 9.53 Å². The fourth-order valence-electron chi connectivity index (χ4n) is 2.22. The number of carbonyl (C=O) groups excluding carboxylic acids is 1. The molecule has 0 heterocycles. The molecule has 0 unspecified atom stereocenters. The zero-order valence-corrected chi connectivity index (χ0v) is 14.5. The summed E-state index contributed by atoms with van der Waals surface area (Å²) in [6, 6.07) is 15.9. The molecular weight excluding hydrogens is 316 g/mol. The molecule has 0 spiro atoms. The van der Waals surface area contributed by atoms with Gasteiger partial charge in [-0.05, 0) is 43.2 Å². The van der Waals surface area contributed by atoms with Crippen LogP contribution in [0.3, 0.4) is 0 Å². The molecule has 0 bridgehead atoms. The van der Waals surface area contributed by atoms with Crippen LogP contribution in [-0.2, 0) is 20.7 Å². The van der Waals surface area contributed by atoms with Crippen LogP contribution in [0.2, 0.25) is 5.02 Å². The number of benzene rings is 2. The molecule has 0 aromatic heterocycles. The Morgan fingerprint density at radius 3 is 2.50 bits per heavy atom. The Bertz CT molecular complexity index is 653. The minimum Gasteiger partial charge on any atom is -0.468 e. The van der Waals surface area contributed by atoms with Crippen molar-refractivity contribution in [3.8, 4) is 0 Å². The average molecular weight is 335 g/mol. The molecule has 0 aliphatic carbocycles. The van der Waals surface area contributed by atoms with E-state index in [2.05, 4.69) is 12.1 Å². The van der Waals surface area contributed by atoms with Gasteiger partial charge in [0.15, 0.2) is 0 Å². The predicted molar refractivity (Wildman–Crippen MR) is 92.5 cm³/mol. The van der Waals surface area contributed by atoms with Gasteiger partial charge in [-0.1, -0.05) is 41.9 Å². The molecule has 0 fully saturated rings. The number of ether oxygens (including phenoxy) is 1. The molecule has 2 rings (SSSR count). The third-order valence-corrected chi connectivity index (χ3v) is 4.93. The van der Waals surface area contributed by atoms with Crippen LogP contribution >= 0.6 is 23.4 Å². The molecule has 2 aromatic carbocycles. The molecule has 0 saturated heterocycles. The van der Waals surface area contributed by atoms with E-state index < -0.39 is 5.41 Å². The number of carbonyl (C=O) groups is 1. The second-order valence-corrected chi connectivity index (χ2v) is 6.98. The van der Waals surface area contributed by atoms with E-state index in [1.54, 1.807) is 11.8 Å². The van der Waals surface area contributed by atoms with E-state index >= 15 is 0 Å². The van der Waals surface area contributed by atoms with Gasteiger partial charge in [0.05, 0.1) is 12.5 Å². The highest BCUT2D eigenvalue weighted by Gasteiger charge is 2.33. The summed E-state index contributed by atoms with van der Waals surface area (Å²) in [5, 5.41) is 0.621. The number of methoxy groups -OCH3 is 1. The van der Waals surface area contributed by atoms with E-state index in [4.69, 9.17) is 16.3 Å². The van der Waals surface area contributed by atoms with Crippen molar-refractivity contribution in [2.45, 2.75) is 29.9 Å². The summed E-state index contributed by atoms with van der Waals surface area (Å²) in [6.07, 6.45) is 0. The van der Waals surface area contributed by atoms with Crippen molar-refractivity contribution in [2.75, 3.05) is 7.11 Å². The number of hydrogen-bond acceptors (Lipinski definition) is 3. The van der Waals surface area contributed by atoms with Gasteiger partial charge < -0.3 is 4.74 Å². The molecule has 0 radical (unpaired) electrons. The highest BCUT2D eigenvalue weighted by atomic mass is 35.5. The van der Waals surface area contributed by atoms with Gasteiger partial charge in [0.1, 0.15) is 0 Å². The van der Waals surface area contributed by atoms with Crippen molar-refractivity contribution in [3.05, 3.63) is 64.7 Å². The molecule has 4 heteroatoms. The molecule has 116 valence electrons. The quantitative estimate of drug-likeness (QED) is 0.563. The third-order valence-electron chi connectivity index (χ3n) is 3.55. The Morgan fingerprint density at radius 2 is 1.86 bits per heavy atom. The summed E-state index contributed by atoms with van der Waals surface area (Å²) in [7, 11) is 1.41. The summed E-state index contributed by atoms with van der Waals surface area (Å²) >= 11 is 7.82. The van der Waals surface area contributed by atoms with E-state index in [9.17, 15) is 4.79 Å². The van der Waals surface area contributed by atoms with Crippen molar-refractivity contribution in [1.82, 2.24) is 0 Å². The van der Waals surface area contributed by atoms with Gasteiger partial charge in [0.2, 0.25) is 0 Å². The van der Waals surface area contributed by atoms with Gasteiger partial charge in [-0.25, -0.2) is 0 Å². The molecule has 0 aliphatic rings. The van der Waals surface area contributed by atoms with Crippen molar-refractivity contribution in [2.24, 2.45) is 0 Å².